The number of phenols is 1. The molecule has 2 rings (SSSR count). The van der Waals surface area contributed by atoms with E-state index in [1.807, 2.05) is 31.2 Å². The lowest BCUT2D eigenvalue weighted by Gasteiger charge is -2.08. The van der Waals surface area contributed by atoms with E-state index in [-0.39, 0.29) is 0 Å². The average Bonchev–Trinajstić information content (AvgIpc) is 2.28. The summed E-state index contributed by atoms with van der Waals surface area (Å²) in [5, 5.41) is 11.9. The zero-order valence-electron chi connectivity index (χ0n) is 11.2. The van der Waals surface area contributed by atoms with Gasteiger partial charge in [0.15, 0.2) is 0 Å². The maximum atomic E-state index is 9.47. The number of phenolic OH excluding ortho intramolecular Hbond substituents is 1. The molecule has 0 spiro atoms. The highest BCUT2D eigenvalue weighted by Crippen LogP contribution is 2.27. The fourth-order valence-electron chi connectivity index (χ4n) is 2.01. The quantitative estimate of drug-likeness (QED) is 0.743. The Kier molecular flexibility index (Phi) is 5.02. The van der Waals surface area contributed by atoms with Gasteiger partial charge in [-0.1, -0.05) is 45.4 Å². The van der Waals surface area contributed by atoms with Crippen molar-refractivity contribution in [2.24, 2.45) is 0 Å². The molecular weight excluding hydrogens is 208 g/mol. The maximum absolute atomic E-state index is 9.47. The Morgan fingerprint density at radius 3 is 2.29 bits per heavy atom. The molecule has 0 saturated carbocycles. The highest BCUT2D eigenvalue weighted by atomic mass is 16.3. The van der Waals surface area contributed by atoms with Gasteiger partial charge in [0.2, 0.25) is 0 Å². The lowest BCUT2D eigenvalue weighted by atomic mass is 9.98. The summed E-state index contributed by atoms with van der Waals surface area (Å²) < 4.78 is 0. The van der Waals surface area contributed by atoms with E-state index in [0.29, 0.717) is 5.75 Å². The summed E-state index contributed by atoms with van der Waals surface area (Å²) in [5.74, 6) is 0.350. The zero-order valence-corrected chi connectivity index (χ0v) is 11.2. The molecule has 1 N–H and O–H groups in total. The van der Waals surface area contributed by atoms with Crippen molar-refractivity contribution >= 4 is 10.8 Å². The fourth-order valence-corrected chi connectivity index (χ4v) is 2.01. The van der Waals surface area contributed by atoms with Crippen LogP contribution in [0.25, 0.3) is 10.8 Å². The van der Waals surface area contributed by atoms with Crippen molar-refractivity contribution in [3.05, 3.63) is 41.5 Å². The van der Waals surface area contributed by atoms with Crippen molar-refractivity contribution in [3.8, 4) is 5.75 Å². The van der Waals surface area contributed by atoms with E-state index in [9.17, 15) is 5.11 Å². The molecule has 0 radical (unpaired) electrons. The molecule has 0 aromatic heterocycles. The van der Waals surface area contributed by atoms with Crippen LogP contribution in [0.5, 0.6) is 5.75 Å². The number of aryl methyl sites for hydroxylation is 2. The van der Waals surface area contributed by atoms with Crippen molar-refractivity contribution in [1.29, 1.82) is 0 Å². The van der Waals surface area contributed by atoms with Gasteiger partial charge in [-0.15, -0.1) is 0 Å². The lowest BCUT2D eigenvalue weighted by molar-refractivity contribution is 0.476. The molecule has 0 aliphatic carbocycles. The molecule has 2 aromatic rings. The predicted octanol–water partition coefficient (Wildman–Crippen LogP) is 4.83. The summed E-state index contributed by atoms with van der Waals surface area (Å²) in [6.45, 7) is 8.45. The number of aromatic hydroxyl groups is 1. The first-order valence-electron chi connectivity index (χ1n) is 6.35. The molecule has 1 heteroatoms. The maximum Gasteiger partial charge on any atom is 0.116 e. The Hall–Kier alpha value is -1.50. The Morgan fingerprint density at radius 1 is 1.06 bits per heavy atom. The Balaban J connectivity index is 0.000000437. The Bertz CT molecular complexity index is 486. The van der Waals surface area contributed by atoms with E-state index in [2.05, 4.69) is 26.8 Å². The second-order valence-corrected chi connectivity index (χ2v) is 4.34. The van der Waals surface area contributed by atoms with Crippen molar-refractivity contribution in [3.63, 3.8) is 0 Å². The van der Waals surface area contributed by atoms with E-state index in [1.165, 1.54) is 17.4 Å². The van der Waals surface area contributed by atoms with Crippen LogP contribution >= 0.6 is 0 Å². The van der Waals surface area contributed by atoms with Gasteiger partial charge in [0.1, 0.15) is 5.75 Å². The molecule has 0 amide bonds. The number of hydrogen-bond acceptors (Lipinski definition) is 1. The third-order valence-electron chi connectivity index (χ3n) is 2.63. The van der Waals surface area contributed by atoms with Gasteiger partial charge < -0.3 is 5.11 Å². The molecule has 92 valence electrons. The van der Waals surface area contributed by atoms with Crippen molar-refractivity contribution in [2.75, 3.05) is 0 Å². The van der Waals surface area contributed by atoms with Crippen LogP contribution in [0.3, 0.4) is 0 Å². The molecule has 0 aliphatic rings. The monoisotopic (exact) mass is 230 g/mol. The van der Waals surface area contributed by atoms with Crippen LogP contribution in [-0.4, -0.2) is 5.11 Å². The number of benzene rings is 2. The Labute approximate surface area is 104 Å². The summed E-state index contributed by atoms with van der Waals surface area (Å²) in [6, 6.07) is 9.87. The van der Waals surface area contributed by atoms with Gasteiger partial charge in [-0.05, 0) is 47.4 Å². The molecule has 0 bridgehead atoms. The fraction of sp³-hybridized carbons (Fsp3) is 0.375. The molecule has 17 heavy (non-hydrogen) atoms. The van der Waals surface area contributed by atoms with Gasteiger partial charge >= 0.3 is 0 Å². The third-order valence-corrected chi connectivity index (χ3v) is 2.63. The van der Waals surface area contributed by atoms with Crippen LogP contribution in [0.4, 0.5) is 0 Å². The first-order chi connectivity index (χ1) is 8.13. The molecule has 0 fully saturated rings. The molecule has 0 unspecified atom stereocenters. The molecule has 0 aliphatic heterocycles. The van der Waals surface area contributed by atoms with Gasteiger partial charge in [-0.2, -0.15) is 0 Å². The second kappa shape index (κ2) is 6.29. The largest absolute Gasteiger partial charge is 0.508 e. The van der Waals surface area contributed by atoms with Crippen LogP contribution in [0.2, 0.25) is 0 Å². The number of fused-ring (bicyclic) bond motifs is 1. The molecule has 0 atom stereocenters. The smallest absolute Gasteiger partial charge is 0.116 e. The minimum Gasteiger partial charge on any atom is -0.508 e. The topological polar surface area (TPSA) is 20.2 Å². The van der Waals surface area contributed by atoms with E-state index >= 15 is 0 Å². The van der Waals surface area contributed by atoms with E-state index in [4.69, 9.17) is 0 Å². The van der Waals surface area contributed by atoms with E-state index in [0.717, 1.165) is 17.4 Å². The van der Waals surface area contributed by atoms with Gasteiger partial charge in [-0.25, -0.2) is 0 Å². The third kappa shape index (κ3) is 3.23. The van der Waals surface area contributed by atoms with Gasteiger partial charge in [0.25, 0.3) is 0 Å². The molecule has 1 nitrogen and oxygen atoms in total. The normalized spacial score (nSPS) is 9.88. The minimum atomic E-state index is 0.350. The first kappa shape index (κ1) is 13.6. The van der Waals surface area contributed by atoms with E-state index < -0.39 is 0 Å². The van der Waals surface area contributed by atoms with E-state index in [1.54, 1.807) is 0 Å². The summed E-state index contributed by atoms with van der Waals surface area (Å²) in [4.78, 5) is 0. The van der Waals surface area contributed by atoms with Crippen LogP contribution in [-0.2, 0) is 6.42 Å². The van der Waals surface area contributed by atoms with Crippen LogP contribution < -0.4 is 0 Å². The molecule has 2 aromatic carbocycles. The molecule has 0 saturated heterocycles. The standard InChI is InChI=1S/C13H14O.C3H8/c1-3-10-5-4-6-11-8-12(14)7-9(2)13(10)11;1-3-2/h4-8,14H,3H2,1-2H3;3H2,1-2H3. The first-order valence-corrected chi connectivity index (χ1v) is 6.35. The summed E-state index contributed by atoms with van der Waals surface area (Å²) >= 11 is 0. The molecule has 0 heterocycles. The van der Waals surface area contributed by atoms with Crippen molar-refractivity contribution < 1.29 is 5.11 Å². The SMILES string of the molecule is CCC.CCc1cccc2cc(O)cc(C)c12. The summed E-state index contributed by atoms with van der Waals surface area (Å²) in [7, 11) is 0. The van der Waals surface area contributed by atoms with Crippen LogP contribution in [0.15, 0.2) is 30.3 Å². The van der Waals surface area contributed by atoms with Crippen LogP contribution in [0.1, 0.15) is 38.3 Å². The highest BCUT2D eigenvalue weighted by Gasteiger charge is 2.03. The number of hydrogen-bond donors (Lipinski definition) is 1. The molecular formula is C16H22O. The second-order valence-electron chi connectivity index (χ2n) is 4.34. The van der Waals surface area contributed by atoms with Gasteiger partial charge in [-0.3, -0.25) is 0 Å². The summed E-state index contributed by atoms with van der Waals surface area (Å²) in [6.07, 6.45) is 2.28. The summed E-state index contributed by atoms with van der Waals surface area (Å²) in [5.41, 5.74) is 2.50. The number of rotatable bonds is 1. The van der Waals surface area contributed by atoms with Crippen molar-refractivity contribution in [2.45, 2.75) is 40.5 Å². The van der Waals surface area contributed by atoms with Crippen molar-refractivity contribution in [1.82, 2.24) is 0 Å². The zero-order chi connectivity index (χ0) is 12.8. The predicted molar refractivity (Wildman–Crippen MR) is 75.7 cm³/mol. The highest BCUT2D eigenvalue weighted by molar-refractivity contribution is 5.89. The van der Waals surface area contributed by atoms with Gasteiger partial charge in [0, 0.05) is 0 Å². The van der Waals surface area contributed by atoms with Crippen LogP contribution in [0, 0.1) is 6.92 Å². The Morgan fingerprint density at radius 2 is 1.71 bits per heavy atom. The van der Waals surface area contributed by atoms with Gasteiger partial charge in [0.05, 0.1) is 0 Å². The lowest BCUT2D eigenvalue weighted by Crippen LogP contribution is -1.86. The average molecular weight is 230 g/mol. The minimum absolute atomic E-state index is 0.350.